The van der Waals surface area contributed by atoms with E-state index in [4.69, 9.17) is 0 Å². The molecule has 0 aromatic carbocycles. The molecule has 5 heteroatoms. The van der Waals surface area contributed by atoms with Crippen molar-refractivity contribution in [2.45, 2.75) is 33.2 Å². The fourth-order valence-electron chi connectivity index (χ4n) is 1.15. The average Bonchev–Trinajstić information content (AvgIpc) is 2.58. The smallest absolute Gasteiger partial charge is 0.164 e. The first-order chi connectivity index (χ1) is 6.74. The van der Waals surface area contributed by atoms with Crippen LogP contribution in [0.4, 0.5) is 0 Å². The van der Waals surface area contributed by atoms with Crippen molar-refractivity contribution >= 4 is 0 Å². The monoisotopic (exact) mass is 199 g/mol. The Kier molecular flexibility index (Phi) is 4.52. The zero-order chi connectivity index (χ0) is 10.4. The molecule has 0 amide bonds. The van der Waals surface area contributed by atoms with E-state index < -0.39 is 0 Å². The van der Waals surface area contributed by atoms with Gasteiger partial charge < -0.3 is 5.32 Å². The average molecular weight is 199 g/mol. The molecule has 1 aromatic heterocycles. The first kappa shape index (κ1) is 11.1. The largest absolute Gasteiger partial charge is 0.310 e. The number of aromatic nitrogens is 4. The molecule has 0 aliphatic heterocycles. The Labute approximate surface area is 86.4 Å². The quantitative estimate of drug-likeness (QED) is 0.694. The lowest BCUT2D eigenvalue weighted by Crippen LogP contribution is -2.19. The number of tetrazole rings is 1. The van der Waals surface area contributed by atoms with E-state index >= 15 is 0 Å². The topological polar surface area (TPSA) is 55.6 Å². The van der Waals surface area contributed by atoms with Crippen LogP contribution in [0, 0.1) is 5.92 Å². The summed E-state index contributed by atoms with van der Waals surface area (Å²) in [5, 5.41) is 14.6. The van der Waals surface area contributed by atoms with Crippen LogP contribution in [0.25, 0.3) is 0 Å². The van der Waals surface area contributed by atoms with Crippen LogP contribution < -0.4 is 5.32 Å². The van der Waals surface area contributed by atoms with Gasteiger partial charge in [0.1, 0.15) is 0 Å². The van der Waals surface area contributed by atoms with Crippen LogP contribution >= 0.6 is 0 Å². The second kappa shape index (κ2) is 5.70. The molecule has 0 bridgehead atoms. The van der Waals surface area contributed by atoms with Crippen LogP contribution in [-0.2, 0) is 13.6 Å². The van der Waals surface area contributed by atoms with Crippen molar-refractivity contribution in [1.29, 1.82) is 0 Å². The Morgan fingerprint density at radius 1 is 1.57 bits per heavy atom. The third kappa shape index (κ3) is 3.41. The predicted octanol–water partition coefficient (Wildman–Crippen LogP) is 0.982. The Hall–Kier alpha value is -0.970. The molecule has 5 nitrogen and oxygen atoms in total. The number of nitrogens with one attached hydrogen (secondary N) is 1. The van der Waals surface area contributed by atoms with Crippen molar-refractivity contribution in [3.05, 3.63) is 5.82 Å². The summed E-state index contributed by atoms with van der Waals surface area (Å²) in [6.07, 6.45) is 2.45. The van der Waals surface area contributed by atoms with Gasteiger partial charge in [0.15, 0.2) is 5.82 Å². The van der Waals surface area contributed by atoms with E-state index in [1.165, 1.54) is 12.8 Å². The standard InChI is InChI=1S/C9H19N5.H2/c1-4-8(2)5-6-10-7-9-11-12-13-14(9)3;/h8,10H,4-7H2,1-3H3;1H. The molecule has 0 radical (unpaired) electrons. The molecule has 14 heavy (non-hydrogen) atoms. The van der Waals surface area contributed by atoms with E-state index in [0.29, 0.717) is 0 Å². The molecule has 1 N–H and O–H groups in total. The molecule has 1 aromatic rings. The summed E-state index contributed by atoms with van der Waals surface area (Å²) >= 11 is 0. The molecule has 1 heterocycles. The minimum Gasteiger partial charge on any atom is -0.310 e. The molecule has 1 rings (SSSR count). The van der Waals surface area contributed by atoms with Crippen molar-refractivity contribution in [3.8, 4) is 0 Å². The Bertz CT molecular complexity index is 263. The van der Waals surface area contributed by atoms with Gasteiger partial charge in [0.2, 0.25) is 0 Å². The summed E-state index contributed by atoms with van der Waals surface area (Å²) in [6.45, 7) is 6.27. The fraction of sp³-hybridized carbons (Fsp3) is 0.889. The summed E-state index contributed by atoms with van der Waals surface area (Å²) in [5.41, 5.74) is 0. The van der Waals surface area contributed by atoms with E-state index in [2.05, 4.69) is 34.7 Å². The maximum atomic E-state index is 3.89. The highest BCUT2D eigenvalue weighted by molar-refractivity contribution is 4.77. The highest BCUT2D eigenvalue weighted by Crippen LogP contribution is 2.04. The van der Waals surface area contributed by atoms with Gasteiger partial charge in [-0.25, -0.2) is 4.68 Å². The van der Waals surface area contributed by atoms with Crippen molar-refractivity contribution in [1.82, 2.24) is 25.5 Å². The van der Waals surface area contributed by atoms with Gasteiger partial charge in [0, 0.05) is 8.47 Å². The second-order valence-electron chi connectivity index (χ2n) is 3.70. The van der Waals surface area contributed by atoms with Crippen molar-refractivity contribution in [2.75, 3.05) is 6.54 Å². The van der Waals surface area contributed by atoms with Crippen LogP contribution in [0.15, 0.2) is 0 Å². The third-order valence-corrected chi connectivity index (χ3v) is 2.50. The zero-order valence-corrected chi connectivity index (χ0v) is 9.19. The van der Waals surface area contributed by atoms with Gasteiger partial charge in [0.05, 0.1) is 6.54 Å². The van der Waals surface area contributed by atoms with E-state index in [-0.39, 0.29) is 1.43 Å². The van der Waals surface area contributed by atoms with Gasteiger partial charge in [-0.15, -0.1) is 5.10 Å². The minimum atomic E-state index is 0. The fourth-order valence-corrected chi connectivity index (χ4v) is 1.15. The molecule has 0 spiro atoms. The lowest BCUT2D eigenvalue weighted by molar-refractivity contribution is 0.481. The molecule has 0 aliphatic rings. The summed E-state index contributed by atoms with van der Waals surface area (Å²) in [4.78, 5) is 0. The van der Waals surface area contributed by atoms with E-state index in [1.807, 2.05) is 7.05 Å². The molecule has 0 saturated heterocycles. The van der Waals surface area contributed by atoms with Gasteiger partial charge >= 0.3 is 0 Å². The molecule has 0 aliphatic carbocycles. The van der Waals surface area contributed by atoms with Gasteiger partial charge in [0.25, 0.3) is 0 Å². The van der Waals surface area contributed by atoms with Crippen LogP contribution in [0.2, 0.25) is 0 Å². The zero-order valence-electron chi connectivity index (χ0n) is 9.19. The van der Waals surface area contributed by atoms with E-state index in [0.717, 1.165) is 24.8 Å². The minimum absolute atomic E-state index is 0. The van der Waals surface area contributed by atoms with Crippen molar-refractivity contribution in [2.24, 2.45) is 13.0 Å². The van der Waals surface area contributed by atoms with Gasteiger partial charge in [-0.05, 0) is 29.3 Å². The number of hydrogen-bond acceptors (Lipinski definition) is 4. The van der Waals surface area contributed by atoms with Crippen LogP contribution in [0.1, 0.15) is 33.9 Å². The number of hydrogen-bond donors (Lipinski definition) is 1. The molecule has 0 saturated carbocycles. The molecule has 1 atom stereocenters. The van der Waals surface area contributed by atoms with Gasteiger partial charge in [-0.2, -0.15) is 0 Å². The normalized spacial score (nSPS) is 13.1. The molecular formula is C9H21N5. The Balaban J connectivity index is 0.00000196. The van der Waals surface area contributed by atoms with Crippen molar-refractivity contribution in [3.63, 3.8) is 0 Å². The van der Waals surface area contributed by atoms with Gasteiger partial charge in [-0.3, -0.25) is 0 Å². The van der Waals surface area contributed by atoms with Crippen molar-refractivity contribution < 1.29 is 1.43 Å². The van der Waals surface area contributed by atoms with Crippen LogP contribution in [-0.4, -0.2) is 26.8 Å². The summed E-state index contributed by atoms with van der Waals surface area (Å²) in [7, 11) is 1.85. The van der Waals surface area contributed by atoms with Gasteiger partial charge in [-0.1, -0.05) is 20.3 Å². The lowest BCUT2D eigenvalue weighted by Gasteiger charge is -2.08. The highest BCUT2D eigenvalue weighted by atomic mass is 15.5. The molecule has 82 valence electrons. The Morgan fingerprint density at radius 2 is 2.36 bits per heavy atom. The number of aryl methyl sites for hydroxylation is 1. The van der Waals surface area contributed by atoms with E-state index in [9.17, 15) is 0 Å². The summed E-state index contributed by atoms with van der Waals surface area (Å²) in [6, 6.07) is 0. The molecular weight excluding hydrogens is 178 g/mol. The SMILES string of the molecule is CCC(C)CCNCc1nnnn1C.[HH]. The third-order valence-electron chi connectivity index (χ3n) is 2.50. The molecule has 1 unspecified atom stereocenters. The number of nitrogens with zero attached hydrogens (tertiary/aromatic N) is 4. The summed E-state index contributed by atoms with van der Waals surface area (Å²) in [5.74, 6) is 1.68. The Morgan fingerprint density at radius 3 is 2.93 bits per heavy atom. The lowest BCUT2D eigenvalue weighted by atomic mass is 10.1. The first-order valence-corrected chi connectivity index (χ1v) is 5.16. The second-order valence-corrected chi connectivity index (χ2v) is 3.70. The first-order valence-electron chi connectivity index (χ1n) is 5.16. The highest BCUT2D eigenvalue weighted by Gasteiger charge is 2.01. The predicted molar refractivity (Wildman–Crippen MR) is 56.7 cm³/mol. The maximum Gasteiger partial charge on any atom is 0.164 e. The molecule has 0 fully saturated rings. The maximum absolute atomic E-state index is 3.89. The summed E-state index contributed by atoms with van der Waals surface area (Å²) < 4.78 is 1.69. The van der Waals surface area contributed by atoms with E-state index in [1.54, 1.807) is 4.68 Å². The van der Waals surface area contributed by atoms with Crippen LogP contribution in [0.5, 0.6) is 0 Å². The van der Waals surface area contributed by atoms with Crippen LogP contribution in [0.3, 0.4) is 0 Å². The number of rotatable bonds is 6.